The molecule has 3 rings (SSSR count). The van der Waals surface area contributed by atoms with Gasteiger partial charge in [-0.25, -0.2) is 4.98 Å². The number of nitrogens with zero attached hydrogens (tertiary/aromatic N) is 2. The summed E-state index contributed by atoms with van der Waals surface area (Å²) in [6, 6.07) is 4.62. The molecule has 1 N–H and O–H groups in total. The van der Waals surface area contributed by atoms with E-state index in [9.17, 15) is 0 Å². The topological polar surface area (TPSA) is 48.3 Å². The third-order valence-corrected chi connectivity index (χ3v) is 4.56. The lowest BCUT2D eigenvalue weighted by atomic mass is 10.0. The number of nitrogens with one attached hydrogen (secondary N) is 1. The summed E-state index contributed by atoms with van der Waals surface area (Å²) in [7, 11) is 3.32. The second-order valence-electron chi connectivity index (χ2n) is 5.94. The highest BCUT2D eigenvalue weighted by Crippen LogP contribution is 2.32. The maximum atomic E-state index is 5.42. The Morgan fingerprint density at radius 3 is 2.68 bits per heavy atom. The second-order valence-corrected chi connectivity index (χ2v) is 5.94. The highest BCUT2D eigenvalue weighted by Gasteiger charge is 2.16. The van der Waals surface area contributed by atoms with Crippen LogP contribution in [0.25, 0.3) is 11.0 Å². The molecule has 2 heterocycles. The Hall–Kier alpha value is -1.75. The minimum atomic E-state index is 0.630. The van der Waals surface area contributed by atoms with E-state index >= 15 is 0 Å². The molecule has 1 fully saturated rings. The number of aromatic nitrogens is 2. The fourth-order valence-corrected chi connectivity index (χ4v) is 3.31. The van der Waals surface area contributed by atoms with Gasteiger partial charge in [0.25, 0.3) is 0 Å². The van der Waals surface area contributed by atoms with Gasteiger partial charge in [0.1, 0.15) is 5.82 Å². The smallest absolute Gasteiger partial charge is 0.163 e. The first-order valence-corrected chi connectivity index (χ1v) is 8.05. The number of methoxy groups -OCH3 is 2. The van der Waals surface area contributed by atoms with Gasteiger partial charge in [0.05, 0.1) is 25.3 Å². The van der Waals surface area contributed by atoms with Crippen LogP contribution in [0.15, 0.2) is 12.1 Å². The standard InChI is InChI=1S/C17H25N3O2/c1-12-19-14-10-16(21-2)17(22-3)11-15(14)20(12)9-7-13-6-4-5-8-18-13/h10-11,13,18H,4-9H2,1-3H3. The van der Waals surface area contributed by atoms with Crippen molar-refractivity contribution in [1.29, 1.82) is 0 Å². The first-order chi connectivity index (χ1) is 10.7. The van der Waals surface area contributed by atoms with E-state index in [1.54, 1.807) is 14.2 Å². The number of hydrogen-bond donors (Lipinski definition) is 1. The van der Waals surface area contributed by atoms with Crippen molar-refractivity contribution in [2.24, 2.45) is 0 Å². The van der Waals surface area contributed by atoms with Gasteiger partial charge in [-0.15, -0.1) is 0 Å². The minimum absolute atomic E-state index is 0.630. The summed E-state index contributed by atoms with van der Waals surface area (Å²) in [6.45, 7) is 4.20. The summed E-state index contributed by atoms with van der Waals surface area (Å²) in [5, 5.41) is 3.61. The van der Waals surface area contributed by atoms with Crippen LogP contribution < -0.4 is 14.8 Å². The largest absolute Gasteiger partial charge is 0.493 e. The van der Waals surface area contributed by atoms with Gasteiger partial charge < -0.3 is 19.4 Å². The Kier molecular flexibility index (Phi) is 4.52. The zero-order chi connectivity index (χ0) is 15.5. The molecule has 1 atom stereocenters. The normalized spacial score (nSPS) is 18.6. The number of piperidine rings is 1. The lowest BCUT2D eigenvalue weighted by Crippen LogP contribution is -2.34. The number of benzene rings is 1. The van der Waals surface area contributed by atoms with Gasteiger partial charge in [0.2, 0.25) is 0 Å². The number of imidazole rings is 1. The zero-order valence-corrected chi connectivity index (χ0v) is 13.7. The lowest BCUT2D eigenvalue weighted by molar-refractivity contribution is 0.355. The van der Waals surface area contributed by atoms with Gasteiger partial charge in [0, 0.05) is 24.7 Å². The third kappa shape index (κ3) is 2.90. The zero-order valence-electron chi connectivity index (χ0n) is 13.7. The number of ether oxygens (including phenoxy) is 2. The van der Waals surface area contributed by atoms with Crippen molar-refractivity contribution < 1.29 is 9.47 Å². The summed E-state index contributed by atoms with van der Waals surface area (Å²) < 4.78 is 13.1. The number of hydrogen-bond acceptors (Lipinski definition) is 4. The molecule has 0 bridgehead atoms. The molecule has 0 amide bonds. The van der Waals surface area contributed by atoms with Crippen LogP contribution in [-0.2, 0) is 6.54 Å². The van der Waals surface area contributed by atoms with Crippen molar-refractivity contribution in [1.82, 2.24) is 14.9 Å². The molecule has 1 aromatic heterocycles. The van der Waals surface area contributed by atoms with E-state index in [4.69, 9.17) is 9.47 Å². The molecule has 5 heteroatoms. The van der Waals surface area contributed by atoms with Crippen LogP contribution in [0, 0.1) is 6.92 Å². The van der Waals surface area contributed by atoms with Crippen molar-refractivity contribution in [3.05, 3.63) is 18.0 Å². The van der Waals surface area contributed by atoms with Gasteiger partial charge in [-0.05, 0) is 32.7 Å². The van der Waals surface area contributed by atoms with Gasteiger partial charge in [-0.2, -0.15) is 0 Å². The number of aryl methyl sites for hydroxylation is 2. The molecule has 2 aromatic rings. The van der Waals surface area contributed by atoms with E-state index in [0.29, 0.717) is 6.04 Å². The number of fused-ring (bicyclic) bond motifs is 1. The van der Waals surface area contributed by atoms with E-state index in [-0.39, 0.29) is 0 Å². The molecule has 1 unspecified atom stereocenters. The fraction of sp³-hybridized carbons (Fsp3) is 0.588. The molecule has 0 aliphatic carbocycles. The molecule has 1 aliphatic heterocycles. The molecule has 22 heavy (non-hydrogen) atoms. The van der Waals surface area contributed by atoms with Gasteiger partial charge in [-0.3, -0.25) is 0 Å². The predicted octanol–water partition coefficient (Wildman–Crippen LogP) is 2.89. The minimum Gasteiger partial charge on any atom is -0.493 e. The second kappa shape index (κ2) is 6.57. The number of rotatable bonds is 5. The summed E-state index contributed by atoms with van der Waals surface area (Å²) in [4.78, 5) is 4.67. The van der Waals surface area contributed by atoms with Gasteiger partial charge in [0.15, 0.2) is 11.5 Å². The Bertz CT molecular complexity index is 645. The molecule has 1 aliphatic rings. The van der Waals surface area contributed by atoms with Crippen LogP contribution in [0.1, 0.15) is 31.5 Å². The van der Waals surface area contributed by atoms with Crippen LogP contribution in [0.5, 0.6) is 11.5 Å². The van der Waals surface area contributed by atoms with E-state index in [1.165, 1.54) is 19.3 Å². The highest BCUT2D eigenvalue weighted by molar-refractivity contribution is 5.80. The molecular weight excluding hydrogens is 278 g/mol. The van der Waals surface area contributed by atoms with Gasteiger partial charge in [-0.1, -0.05) is 6.42 Å². The Morgan fingerprint density at radius 2 is 2.00 bits per heavy atom. The predicted molar refractivity (Wildman–Crippen MR) is 87.8 cm³/mol. The van der Waals surface area contributed by atoms with Crippen LogP contribution in [-0.4, -0.2) is 36.4 Å². The third-order valence-electron chi connectivity index (χ3n) is 4.56. The molecular formula is C17H25N3O2. The summed E-state index contributed by atoms with van der Waals surface area (Å²) in [5.41, 5.74) is 2.08. The van der Waals surface area contributed by atoms with Crippen LogP contribution >= 0.6 is 0 Å². The summed E-state index contributed by atoms with van der Waals surface area (Å²) in [6.07, 6.45) is 5.07. The average Bonchev–Trinajstić information content (AvgIpc) is 2.86. The lowest BCUT2D eigenvalue weighted by Gasteiger charge is -2.23. The first-order valence-electron chi connectivity index (χ1n) is 8.05. The molecule has 1 aromatic carbocycles. The van der Waals surface area contributed by atoms with Crippen molar-refractivity contribution in [3.8, 4) is 11.5 Å². The van der Waals surface area contributed by atoms with Gasteiger partial charge >= 0.3 is 0 Å². The summed E-state index contributed by atoms with van der Waals surface area (Å²) in [5.74, 6) is 2.53. The van der Waals surface area contributed by atoms with Crippen LogP contribution in [0.3, 0.4) is 0 Å². The van der Waals surface area contributed by atoms with Crippen LogP contribution in [0.4, 0.5) is 0 Å². The maximum absolute atomic E-state index is 5.42. The molecule has 0 radical (unpaired) electrons. The van der Waals surface area contributed by atoms with E-state index in [0.717, 1.165) is 47.9 Å². The van der Waals surface area contributed by atoms with Crippen molar-refractivity contribution >= 4 is 11.0 Å². The maximum Gasteiger partial charge on any atom is 0.163 e. The molecule has 0 saturated carbocycles. The van der Waals surface area contributed by atoms with E-state index in [2.05, 4.69) is 21.8 Å². The SMILES string of the molecule is COc1cc2nc(C)n(CCC3CCCCN3)c2cc1OC. The quantitative estimate of drug-likeness (QED) is 0.922. The Balaban J connectivity index is 1.86. The van der Waals surface area contributed by atoms with E-state index < -0.39 is 0 Å². The fourth-order valence-electron chi connectivity index (χ4n) is 3.31. The average molecular weight is 303 g/mol. The molecule has 120 valence electrons. The van der Waals surface area contributed by atoms with Crippen LogP contribution in [0.2, 0.25) is 0 Å². The molecule has 0 spiro atoms. The molecule has 1 saturated heterocycles. The summed E-state index contributed by atoms with van der Waals surface area (Å²) >= 11 is 0. The highest BCUT2D eigenvalue weighted by atomic mass is 16.5. The van der Waals surface area contributed by atoms with Crippen molar-refractivity contribution in [2.45, 2.75) is 45.2 Å². The monoisotopic (exact) mass is 303 g/mol. The Morgan fingerprint density at radius 1 is 1.23 bits per heavy atom. The van der Waals surface area contributed by atoms with Crippen molar-refractivity contribution in [3.63, 3.8) is 0 Å². The Labute approximate surface area is 131 Å². The van der Waals surface area contributed by atoms with E-state index in [1.807, 2.05) is 12.1 Å². The molecule has 5 nitrogen and oxygen atoms in total. The first kappa shape index (κ1) is 15.2. The van der Waals surface area contributed by atoms with Crippen molar-refractivity contribution in [2.75, 3.05) is 20.8 Å².